The first-order valence-electron chi connectivity index (χ1n) is 13.3. The Morgan fingerprint density at radius 2 is 1.69 bits per heavy atom. The van der Waals surface area contributed by atoms with Crippen molar-refractivity contribution in [3.63, 3.8) is 0 Å². The number of nitrogens with one attached hydrogen (secondary N) is 2. The van der Waals surface area contributed by atoms with Gasteiger partial charge in [0.2, 0.25) is 5.91 Å². The summed E-state index contributed by atoms with van der Waals surface area (Å²) < 4.78 is 5.27. The highest BCUT2D eigenvalue weighted by atomic mass is 16.6. The monoisotopic (exact) mass is 533 g/mol. The Hall–Kier alpha value is -4.07. The molecule has 3 aromatic rings. The smallest absolute Gasteiger partial charge is 0.408 e. The molecule has 8 heteroatoms. The van der Waals surface area contributed by atoms with Crippen LogP contribution in [0.1, 0.15) is 64.1 Å². The zero-order chi connectivity index (χ0) is 28.6. The number of ether oxygens (including phenoxy) is 1. The maximum absolute atomic E-state index is 13.9. The van der Waals surface area contributed by atoms with Crippen LogP contribution >= 0.6 is 0 Å². The second kappa shape index (κ2) is 13.1. The van der Waals surface area contributed by atoms with Crippen molar-refractivity contribution in [2.75, 3.05) is 18.4 Å². The number of anilines is 1. The Morgan fingerprint density at radius 1 is 0.974 bits per heavy atom. The molecule has 0 spiro atoms. The van der Waals surface area contributed by atoms with Crippen LogP contribution in [0.25, 0.3) is 10.8 Å². The maximum Gasteiger partial charge on any atom is 0.408 e. The van der Waals surface area contributed by atoms with Crippen LogP contribution in [-0.2, 0) is 14.3 Å². The van der Waals surface area contributed by atoms with Gasteiger partial charge in [-0.1, -0.05) is 56.2 Å². The number of fused-ring (bicyclic) bond motifs is 1. The Balaban J connectivity index is 1.94. The fraction of sp³-hybridized carbons (Fsp3) is 0.387. The molecule has 0 heterocycles. The van der Waals surface area contributed by atoms with Crippen molar-refractivity contribution in [2.24, 2.45) is 0 Å². The molecule has 0 radical (unpaired) electrons. The fourth-order valence-electron chi connectivity index (χ4n) is 4.29. The summed E-state index contributed by atoms with van der Waals surface area (Å²) in [6.45, 7) is 9.02. The number of aromatic hydroxyl groups is 1. The zero-order valence-corrected chi connectivity index (χ0v) is 23.4. The van der Waals surface area contributed by atoms with E-state index in [0.717, 1.165) is 23.6 Å². The molecule has 39 heavy (non-hydrogen) atoms. The summed E-state index contributed by atoms with van der Waals surface area (Å²) in [6, 6.07) is 17.4. The molecule has 0 aliphatic rings. The van der Waals surface area contributed by atoms with E-state index in [1.165, 1.54) is 11.0 Å². The van der Waals surface area contributed by atoms with Crippen molar-refractivity contribution in [3.05, 3.63) is 71.8 Å². The predicted octanol–water partition coefficient (Wildman–Crippen LogP) is 6.08. The number of phenols is 1. The van der Waals surface area contributed by atoms with Gasteiger partial charge in [0.15, 0.2) is 0 Å². The van der Waals surface area contributed by atoms with Gasteiger partial charge >= 0.3 is 6.09 Å². The summed E-state index contributed by atoms with van der Waals surface area (Å²) in [4.78, 5) is 41.1. The number of rotatable bonds is 10. The number of amides is 3. The minimum atomic E-state index is -0.986. The number of unbranched alkanes of at least 4 members (excludes halogenated alkanes) is 2. The summed E-state index contributed by atoms with van der Waals surface area (Å²) in [6.07, 6.45) is 1.79. The largest absolute Gasteiger partial charge is 0.508 e. The molecule has 0 saturated heterocycles. The molecule has 1 atom stereocenters. The standard InChI is InChI=1S/C31H39N3O5/c1-6-7-10-17-34(27(36)20-32-30(38)39-31(3,4)5)28(24-14-16-26(35)21(2)18-24)29(37)33-25-15-13-22-11-8-9-12-23(22)19-25/h8-9,11-16,18-19,28,35H,6-7,10,17,20H2,1-5H3,(H,32,38)(H,33,37). The molecule has 3 N–H and O–H groups in total. The third-order valence-electron chi connectivity index (χ3n) is 6.22. The van der Waals surface area contributed by atoms with E-state index in [-0.39, 0.29) is 12.3 Å². The molecule has 3 amide bonds. The van der Waals surface area contributed by atoms with Crippen LogP contribution in [0, 0.1) is 6.92 Å². The third kappa shape index (κ3) is 8.46. The Labute approximate surface area is 230 Å². The first-order chi connectivity index (χ1) is 18.5. The van der Waals surface area contributed by atoms with E-state index in [9.17, 15) is 19.5 Å². The molecule has 0 saturated carbocycles. The Morgan fingerprint density at radius 3 is 2.36 bits per heavy atom. The molecule has 0 aromatic heterocycles. The lowest BCUT2D eigenvalue weighted by Crippen LogP contribution is -2.47. The van der Waals surface area contributed by atoms with E-state index in [2.05, 4.69) is 17.6 Å². The number of benzene rings is 3. The van der Waals surface area contributed by atoms with Gasteiger partial charge in [-0.3, -0.25) is 9.59 Å². The lowest BCUT2D eigenvalue weighted by Gasteiger charge is -2.32. The van der Waals surface area contributed by atoms with Gasteiger partial charge in [0.25, 0.3) is 5.91 Å². The number of nitrogens with zero attached hydrogens (tertiary/aromatic N) is 1. The van der Waals surface area contributed by atoms with Crippen LogP contribution in [-0.4, -0.2) is 46.6 Å². The third-order valence-corrected chi connectivity index (χ3v) is 6.22. The van der Waals surface area contributed by atoms with Crippen molar-refractivity contribution >= 4 is 34.4 Å². The van der Waals surface area contributed by atoms with E-state index >= 15 is 0 Å². The van der Waals surface area contributed by atoms with Gasteiger partial charge in [-0.25, -0.2) is 4.79 Å². The van der Waals surface area contributed by atoms with Crippen molar-refractivity contribution < 1.29 is 24.2 Å². The Bertz CT molecular complexity index is 1320. The van der Waals surface area contributed by atoms with Crippen molar-refractivity contribution in [1.82, 2.24) is 10.2 Å². The first-order valence-corrected chi connectivity index (χ1v) is 13.3. The topological polar surface area (TPSA) is 108 Å². The van der Waals surface area contributed by atoms with E-state index in [4.69, 9.17) is 4.74 Å². The van der Waals surface area contributed by atoms with E-state index < -0.39 is 29.6 Å². The number of carbonyl (C=O) groups is 3. The number of phenolic OH excluding ortho intramolecular Hbond substituents is 1. The first kappa shape index (κ1) is 29.5. The molecule has 3 rings (SSSR count). The molecule has 208 valence electrons. The van der Waals surface area contributed by atoms with Gasteiger partial charge < -0.3 is 25.4 Å². The minimum Gasteiger partial charge on any atom is -0.508 e. The van der Waals surface area contributed by atoms with Crippen LogP contribution in [0.5, 0.6) is 5.75 Å². The van der Waals surface area contributed by atoms with Crippen LogP contribution in [0.4, 0.5) is 10.5 Å². The molecule has 0 aliphatic carbocycles. The highest BCUT2D eigenvalue weighted by Crippen LogP contribution is 2.29. The van der Waals surface area contributed by atoms with Crippen molar-refractivity contribution in [2.45, 2.75) is 65.5 Å². The lowest BCUT2D eigenvalue weighted by atomic mass is 10.00. The maximum atomic E-state index is 13.9. The highest BCUT2D eigenvalue weighted by molar-refractivity contribution is 6.00. The van der Waals surface area contributed by atoms with Crippen LogP contribution < -0.4 is 10.6 Å². The second-order valence-electron chi connectivity index (χ2n) is 10.6. The number of alkyl carbamates (subject to hydrolysis) is 1. The normalized spacial score (nSPS) is 12.0. The van der Waals surface area contributed by atoms with Gasteiger partial charge in [-0.2, -0.15) is 0 Å². The van der Waals surface area contributed by atoms with Gasteiger partial charge in [0.05, 0.1) is 0 Å². The lowest BCUT2D eigenvalue weighted by molar-refractivity contribution is -0.138. The highest BCUT2D eigenvalue weighted by Gasteiger charge is 2.32. The van der Waals surface area contributed by atoms with Crippen LogP contribution in [0.15, 0.2) is 60.7 Å². The number of carbonyl (C=O) groups excluding carboxylic acids is 3. The molecule has 0 fully saturated rings. The number of hydrogen-bond donors (Lipinski definition) is 3. The summed E-state index contributed by atoms with van der Waals surface area (Å²) in [5, 5.41) is 17.6. The predicted molar refractivity (Wildman–Crippen MR) is 154 cm³/mol. The zero-order valence-electron chi connectivity index (χ0n) is 23.4. The van der Waals surface area contributed by atoms with Gasteiger partial charge in [0.1, 0.15) is 23.9 Å². The molecule has 1 unspecified atom stereocenters. The van der Waals surface area contributed by atoms with E-state index in [1.54, 1.807) is 39.8 Å². The van der Waals surface area contributed by atoms with Crippen molar-refractivity contribution in [1.29, 1.82) is 0 Å². The average Bonchev–Trinajstić information content (AvgIpc) is 2.87. The average molecular weight is 534 g/mol. The fourth-order valence-corrected chi connectivity index (χ4v) is 4.29. The van der Waals surface area contributed by atoms with E-state index in [1.807, 2.05) is 42.5 Å². The Kier molecular flexibility index (Phi) is 9.93. The van der Waals surface area contributed by atoms with Crippen LogP contribution in [0.3, 0.4) is 0 Å². The number of hydrogen-bond acceptors (Lipinski definition) is 5. The van der Waals surface area contributed by atoms with Gasteiger partial charge in [0, 0.05) is 12.2 Å². The molecular weight excluding hydrogens is 494 g/mol. The molecule has 8 nitrogen and oxygen atoms in total. The molecule has 3 aromatic carbocycles. The minimum absolute atomic E-state index is 0.0999. The molecular formula is C31H39N3O5. The van der Waals surface area contributed by atoms with Gasteiger partial charge in [-0.15, -0.1) is 0 Å². The molecule has 0 bridgehead atoms. The summed E-state index contributed by atoms with van der Waals surface area (Å²) in [5.41, 5.74) is 1.04. The van der Waals surface area contributed by atoms with Gasteiger partial charge in [-0.05, 0) is 80.3 Å². The second-order valence-corrected chi connectivity index (χ2v) is 10.6. The summed E-state index contributed by atoms with van der Waals surface area (Å²) in [7, 11) is 0. The molecule has 0 aliphatic heterocycles. The summed E-state index contributed by atoms with van der Waals surface area (Å²) in [5.74, 6) is -0.707. The van der Waals surface area contributed by atoms with Crippen LogP contribution in [0.2, 0.25) is 0 Å². The van der Waals surface area contributed by atoms with E-state index in [0.29, 0.717) is 29.8 Å². The summed E-state index contributed by atoms with van der Waals surface area (Å²) >= 11 is 0. The number of aryl methyl sites for hydroxylation is 1. The quantitative estimate of drug-likeness (QED) is 0.274. The van der Waals surface area contributed by atoms with Crippen molar-refractivity contribution in [3.8, 4) is 5.75 Å². The SMILES string of the molecule is CCCCCN(C(=O)CNC(=O)OC(C)(C)C)C(C(=O)Nc1ccc2ccccc2c1)c1ccc(O)c(C)c1.